The van der Waals surface area contributed by atoms with Crippen LogP contribution < -0.4 is 0 Å². The summed E-state index contributed by atoms with van der Waals surface area (Å²) in [4.78, 5) is 9.52. The number of hydrogen-bond donors (Lipinski definition) is 0. The standard InChI is InChI=1S/C18H14N2/c1-12-5-4-7-13-9-10-16(20-18(12)13)17-11-14-6-2-3-8-15(14)19-17/h2-10H,11H2,1H3. The molecule has 0 aliphatic carbocycles. The van der Waals surface area contributed by atoms with Crippen molar-refractivity contribution in [2.24, 2.45) is 4.99 Å². The first-order valence-electron chi connectivity index (χ1n) is 6.83. The number of benzene rings is 2. The second-order valence-electron chi connectivity index (χ2n) is 5.21. The zero-order valence-corrected chi connectivity index (χ0v) is 11.3. The molecule has 20 heavy (non-hydrogen) atoms. The van der Waals surface area contributed by atoms with Gasteiger partial charge in [0.2, 0.25) is 0 Å². The molecule has 0 unspecified atom stereocenters. The Morgan fingerprint density at radius 3 is 2.70 bits per heavy atom. The molecular formula is C18H14N2. The van der Waals surface area contributed by atoms with Crippen LogP contribution in [0.15, 0.2) is 59.6 Å². The number of aromatic nitrogens is 1. The Labute approximate surface area is 117 Å². The van der Waals surface area contributed by atoms with Gasteiger partial charge in [-0.3, -0.25) is 4.99 Å². The molecule has 2 heterocycles. The first kappa shape index (κ1) is 11.4. The van der Waals surface area contributed by atoms with Crippen molar-refractivity contribution in [2.45, 2.75) is 13.3 Å². The van der Waals surface area contributed by atoms with E-state index in [9.17, 15) is 0 Å². The van der Waals surface area contributed by atoms with Gasteiger partial charge in [0, 0.05) is 11.8 Å². The minimum atomic E-state index is 0.876. The Bertz CT molecular complexity index is 847. The van der Waals surface area contributed by atoms with E-state index < -0.39 is 0 Å². The summed E-state index contributed by atoms with van der Waals surface area (Å²) in [7, 11) is 0. The van der Waals surface area contributed by atoms with Gasteiger partial charge >= 0.3 is 0 Å². The van der Waals surface area contributed by atoms with Gasteiger partial charge in [0.15, 0.2) is 0 Å². The third-order valence-electron chi connectivity index (χ3n) is 3.82. The average Bonchev–Trinajstić information content (AvgIpc) is 2.91. The van der Waals surface area contributed by atoms with E-state index in [4.69, 9.17) is 9.98 Å². The summed E-state index contributed by atoms with van der Waals surface area (Å²) in [6.07, 6.45) is 0.876. The second kappa shape index (κ2) is 4.27. The molecule has 1 aliphatic heterocycles. The number of nitrogens with zero attached hydrogens (tertiary/aromatic N) is 2. The highest BCUT2D eigenvalue weighted by Gasteiger charge is 2.16. The van der Waals surface area contributed by atoms with Gasteiger partial charge in [-0.2, -0.15) is 0 Å². The minimum absolute atomic E-state index is 0.876. The van der Waals surface area contributed by atoms with Crippen molar-refractivity contribution in [1.29, 1.82) is 0 Å². The number of pyridine rings is 1. The number of rotatable bonds is 1. The molecule has 0 bridgehead atoms. The van der Waals surface area contributed by atoms with Crippen molar-refractivity contribution in [3.63, 3.8) is 0 Å². The van der Waals surface area contributed by atoms with Crippen molar-refractivity contribution < 1.29 is 0 Å². The summed E-state index contributed by atoms with van der Waals surface area (Å²) >= 11 is 0. The third-order valence-corrected chi connectivity index (χ3v) is 3.82. The highest BCUT2D eigenvalue weighted by atomic mass is 14.8. The molecule has 96 valence electrons. The fourth-order valence-corrected chi connectivity index (χ4v) is 2.74. The van der Waals surface area contributed by atoms with E-state index >= 15 is 0 Å². The number of para-hydroxylation sites is 2. The summed E-state index contributed by atoms with van der Waals surface area (Å²) in [5, 5.41) is 1.19. The van der Waals surface area contributed by atoms with Gasteiger partial charge in [0.25, 0.3) is 0 Å². The van der Waals surface area contributed by atoms with Crippen molar-refractivity contribution in [3.8, 4) is 0 Å². The predicted molar refractivity (Wildman–Crippen MR) is 82.8 cm³/mol. The Morgan fingerprint density at radius 1 is 0.900 bits per heavy atom. The van der Waals surface area contributed by atoms with Crippen LogP contribution in [0.1, 0.15) is 16.8 Å². The maximum Gasteiger partial charge on any atom is 0.0856 e. The Kier molecular flexibility index (Phi) is 2.43. The van der Waals surface area contributed by atoms with Gasteiger partial charge in [-0.05, 0) is 30.2 Å². The molecule has 4 rings (SSSR count). The molecule has 3 aromatic rings. The van der Waals surface area contributed by atoms with Crippen LogP contribution in [0.4, 0.5) is 5.69 Å². The first-order valence-corrected chi connectivity index (χ1v) is 6.83. The maximum atomic E-state index is 4.81. The monoisotopic (exact) mass is 258 g/mol. The van der Waals surface area contributed by atoms with Gasteiger partial charge < -0.3 is 0 Å². The Hall–Kier alpha value is -2.48. The van der Waals surface area contributed by atoms with Crippen LogP contribution in [0.2, 0.25) is 0 Å². The van der Waals surface area contributed by atoms with Crippen LogP contribution in [-0.2, 0) is 6.42 Å². The quantitative estimate of drug-likeness (QED) is 0.641. The second-order valence-corrected chi connectivity index (χ2v) is 5.21. The summed E-state index contributed by atoms with van der Waals surface area (Å²) in [5.41, 5.74) is 6.70. The molecular weight excluding hydrogens is 244 g/mol. The van der Waals surface area contributed by atoms with E-state index in [1.165, 1.54) is 16.5 Å². The largest absolute Gasteiger partial charge is 0.251 e. The number of aliphatic imine (C=N–C) groups is 1. The molecule has 0 spiro atoms. The molecule has 0 fully saturated rings. The molecule has 0 amide bonds. The lowest BCUT2D eigenvalue weighted by atomic mass is 10.1. The van der Waals surface area contributed by atoms with Crippen LogP contribution in [-0.4, -0.2) is 10.7 Å². The van der Waals surface area contributed by atoms with Gasteiger partial charge in [0.05, 0.1) is 22.6 Å². The molecule has 2 aromatic carbocycles. The van der Waals surface area contributed by atoms with E-state index in [1.54, 1.807) is 0 Å². The Morgan fingerprint density at radius 2 is 1.80 bits per heavy atom. The van der Waals surface area contributed by atoms with Crippen molar-refractivity contribution >= 4 is 22.3 Å². The molecule has 1 aromatic heterocycles. The van der Waals surface area contributed by atoms with Gasteiger partial charge in [-0.1, -0.05) is 42.5 Å². The summed E-state index contributed by atoms with van der Waals surface area (Å²) in [6, 6.07) is 18.8. The van der Waals surface area contributed by atoms with Crippen LogP contribution >= 0.6 is 0 Å². The Balaban J connectivity index is 1.83. The van der Waals surface area contributed by atoms with E-state index in [-0.39, 0.29) is 0 Å². The van der Waals surface area contributed by atoms with Crippen LogP contribution in [0, 0.1) is 6.92 Å². The molecule has 1 aliphatic rings. The summed E-state index contributed by atoms with van der Waals surface area (Å²) in [5.74, 6) is 0. The highest BCUT2D eigenvalue weighted by Crippen LogP contribution is 2.28. The SMILES string of the molecule is Cc1cccc2ccc(C3=Nc4ccccc4C3)nc12. The smallest absolute Gasteiger partial charge is 0.0856 e. The van der Waals surface area contributed by atoms with Crippen LogP contribution in [0.5, 0.6) is 0 Å². The first-order chi connectivity index (χ1) is 9.81. The van der Waals surface area contributed by atoms with Crippen molar-refractivity contribution in [1.82, 2.24) is 4.98 Å². The van der Waals surface area contributed by atoms with Crippen LogP contribution in [0.25, 0.3) is 10.9 Å². The summed E-state index contributed by atoms with van der Waals surface area (Å²) < 4.78 is 0. The lowest BCUT2D eigenvalue weighted by Crippen LogP contribution is -2.03. The molecule has 2 nitrogen and oxygen atoms in total. The topological polar surface area (TPSA) is 25.2 Å². The van der Waals surface area contributed by atoms with Crippen molar-refractivity contribution in [3.05, 3.63) is 71.4 Å². The van der Waals surface area contributed by atoms with Crippen molar-refractivity contribution in [2.75, 3.05) is 0 Å². The van der Waals surface area contributed by atoms with Gasteiger partial charge in [-0.15, -0.1) is 0 Å². The average molecular weight is 258 g/mol. The molecule has 0 saturated heterocycles. The fourth-order valence-electron chi connectivity index (χ4n) is 2.74. The zero-order valence-electron chi connectivity index (χ0n) is 11.3. The van der Waals surface area contributed by atoms with E-state index in [2.05, 4.69) is 55.5 Å². The number of aryl methyl sites for hydroxylation is 1. The fraction of sp³-hybridized carbons (Fsp3) is 0.111. The van der Waals surface area contributed by atoms with E-state index in [0.717, 1.165) is 29.0 Å². The normalized spacial score (nSPS) is 13.3. The molecule has 2 heteroatoms. The van der Waals surface area contributed by atoms with Crippen LogP contribution in [0.3, 0.4) is 0 Å². The zero-order chi connectivity index (χ0) is 13.5. The third kappa shape index (κ3) is 1.73. The summed E-state index contributed by atoms with van der Waals surface area (Å²) in [6.45, 7) is 2.10. The number of fused-ring (bicyclic) bond motifs is 2. The molecule has 0 saturated carbocycles. The molecule has 0 N–H and O–H groups in total. The predicted octanol–water partition coefficient (Wildman–Crippen LogP) is 4.22. The van der Waals surface area contributed by atoms with Gasteiger partial charge in [-0.25, -0.2) is 4.98 Å². The molecule has 0 radical (unpaired) electrons. The highest BCUT2D eigenvalue weighted by molar-refractivity contribution is 6.06. The van der Waals surface area contributed by atoms with Gasteiger partial charge in [0.1, 0.15) is 0 Å². The maximum absolute atomic E-state index is 4.81. The van der Waals surface area contributed by atoms with E-state index in [1.807, 2.05) is 6.07 Å². The lowest BCUT2D eigenvalue weighted by Gasteiger charge is -2.04. The lowest BCUT2D eigenvalue weighted by molar-refractivity contribution is 1.30. The molecule has 0 atom stereocenters. The number of hydrogen-bond acceptors (Lipinski definition) is 2. The van der Waals surface area contributed by atoms with E-state index in [0.29, 0.717) is 0 Å². The minimum Gasteiger partial charge on any atom is -0.251 e.